The van der Waals surface area contributed by atoms with Crippen molar-refractivity contribution in [2.24, 2.45) is 5.92 Å². The van der Waals surface area contributed by atoms with Crippen molar-refractivity contribution in [3.63, 3.8) is 0 Å². The lowest BCUT2D eigenvalue weighted by molar-refractivity contribution is -0.142. The molecule has 1 aliphatic rings. The number of carbonyl (C=O) groups is 1. The van der Waals surface area contributed by atoms with Gasteiger partial charge in [-0.2, -0.15) is 4.31 Å². The molecule has 6 nitrogen and oxygen atoms in total. The number of nitrogens with one attached hydrogen (secondary N) is 1. The first-order valence-corrected chi connectivity index (χ1v) is 6.81. The van der Waals surface area contributed by atoms with Crippen LogP contribution in [0.15, 0.2) is 23.4 Å². The minimum atomic E-state index is -3.55. The second-order valence-corrected chi connectivity index (χ2v) is 6.03. The number of sulfonamides is 1. The van der Waals surface area contributed by atoms with Gasteiger partial charge in [-0.3, -0.25) is 4.79 Å². The van der Waals surface area contributed by atoms with Crippen molar-refractivity contribution in [1.82, 2.24) is 9.29 Å². The maximum atomic E-state index is 12.1. The molecule has 0 amide bonds. The van der Waals surface area contributed by atoms with Crippen LogP contribution in [0.5, 0.6) is 0 Å². The number of aliphatic carboxylic acids is 1. The monoisotopic (exact) mass is 258 g/mol. The Bertz CT molecular complexity index is 494. The Morgan fingerprint density at radius 2 is 2.29 bits per heavy atom. The number of carboxylic acid groups (broad SMARTS) is 1. The maximum absolute atomic E-state index is 12.1. The number of piperidine rings is 1. The molecule has 1 unspecified atom stereocenters. The molecule has 0 spiro atoms. The molecule has 0 aliphatic carbocycles. The maximum Gasteiger partial charge on any atom is 0.307 e. The lowest BCUT2D eigenvalue weighted by Crippen LogP contribution is -2.42. The molecule has 2 N–H and O–H groups in total. The van der Waals surface area contributed by atoms with Gasteiger partial charge in [-0.25, -0.2) is 8.42 Å². The Morgan fingerprint density at radius 3 is 2.88 bits per heavy atom. The van der Waals surface area contributed by atoms with Crippen molar-refractivity contribution < 1.29 is 18.3 Å². The molecule has 1 aromatic heterocycles. The van der Waals surface area contributed by atoms with Gasteiger partial charge in [-0.15, -0.1) is 0 Å². The molecule has 0 radical (unpaired) electrons. The zero-order valence-electron chi connectivity index (χ0n) is 9.17. The van der Waals surface area contributed by atoms with Crippen LogP contribution in [0.4, 0.5) is 0 Å². The smallest absolute Gasteiger partial charge is 0.307 e. The van der Waals surface area contributed by atoms with Crippen LogP contribution in [-0.4, -0.2) is 41.9 Å². The summed E-state index contributed by atoms with van der Waals surface area (Å²) in [5.41, 5.74) is 0. The summed E-state index contributed by atoms with van der Waals surface area (Å²) < 4.78 is 25.5. The first-order valence-electron chi connectivity index (χ1n) is 5.37. The van der Waals surface area contributed by atoms with Gasteiger partial charge in [-0.1, -0.05) is 0 Å². The lowest BCUT2D eigenvalue weighted by Gasteiger charge is -2.29. The number of aromatic nitrogens is 1. The van der Waals surface area contributed by atoms with E-state index >= 15 is 0 Å². The fourth-order valence-electron chi connectivity index (χ4n) is 1.98. The van der Waals surface area contributed by atoms with Crippen LogP contribution in [0.25, 0.3) is 0 Å². The fourth-order valence-corrected chi connectivity index (χ4v) is 3.48. The highest BCUT2D eigenvalue weighted by atomic mass is 32.2. The number of rotatable bonds is 3. The Morgan fingerprint density at radius 1 is 1.53 bits per heavy atom. The highest BCUT2D eigenvalue weighted by molar-refractivity contribution is 7.89. The van der Waals surface area contributed by atoms with Crippen LogP contribution in [0.2, 0.25) is 0 Å². The molecule has 1 atom stereocenters. The van der Waals surface area contributed by atoms with Gasteiger partial charge in [0.1, 0.15) is 0 Å². The predicted molar refractivity (Wildman–Crippen MR) is 59.9 cm³/mol. The molecule has 1 aliphatic heterocycles. The number of carboxylic acids is 1. The SMILES string of the molecule is O=C(O)C1CCCN(S(=O)(=O)c2cc[nH]c2)C1. The van der Waals surface area contributed by atoms with Gasteiger partial charge in [0.15, 0.2) is 0 Å². The summed E-state index contributed by atoms with van der Waals surface area (Å²) in [6, 6.07) is 1.47. The molecule has 1 aromatic rings. The summed E-state index contributed by atoms with van der Waals surface area (Å²) in [5, 5.41) is 8.92. The second-order valence-electron chi connectivity index (χ2n) is 4.09. The quantitative estimate of drug-likeness (QED) is 0.826. The summed E-state index contributed by atoms with van der Waals surface area (Å²) in [6.07, 6.45) is 4.06. The van der Waals surface area contributed by atoms with Crippen molar-refractivity contribution >= 4 is 16.0 Å². The third kappa shape index (κ3) is 2.34. The van der Waals surface area contributed by atoms with Gasteiger partial charge >= 0.3 is 5.97 Å². The van der Waals surface area contributed by atoms with E-state index in [1.165, 1.54) is 22.8 Å². The van der Waals surface area contributed by atoms with Crippen molar-refractivity contribution in [2.45, 2.75) is 17.7 Å². The summed E-state index contributed by atoms with van der Waals surface area (Å²) >= 11 is 0. The minimum Gasteiger partial charge on any atom is -0.481 e. The summed E-state index contributed by atoms with van der Waals surface area (Å²) in [4.78, 5) is 13.8. The average Bonchev–Trinajstić information content (AvgIpc) is 2.83. The van der Waals surface area contributed by atoms with Crippen LogP contribution in [0.1, 0.15) is 12.8 Å². The summed E-state index contributed by atoms with van der Waals surface area (Å²) in [6.45, 7) is 0.445. The highest BCUT2D eigenvalue weighted by Crippen LogP contribution is 2.23. The number of hydrogen-bond donors (Lipinski definition) is 2. The van der Waals surface area contributed by atoms with Crippen LogP contribution in [0, 0.1) is 5.92 Å². The van der Waals surface area contributed by atoms with Gasteiger partial charge in [0.05, 0.1) is 10.8 Å². The lowest BCUT2D eigenvalue weighted by atomic mass is 10.0. The summed E-state index contributed by atoms with van der Waals surface area (Å²) in [5.74, 6) is -1.53. The normalized spacial score (nSPS) is 22.5. The third-order valence-corrected chi connectivity index (χ3v) is 4.80. The number of aromatic amines is 1. The zero-order chi connectivity index (χ0) is 12.5. The highest BCUT2D eigenvalue weighted by Gasteiger charge is 2.33. The van der Waals surface area contributed by atoms with Gasteiger partial charge in [0.25, 0.3) is 0 Å². The third-order valence-electron chi connectivity index (χ3n) is 2.94. The standard InChI is InChI=1S/C10H14N2O4S/c13-10(14)8-2-1-5-12(7-8)17(15,16)9-3-4-11-6-9/h3-4,6,8,11H,1-2,5,7H2,(H,13,14). The first kappa shape index (κ1) is 12.1. The Balaban J connectivity index is 2.20. The van der Waals surface area contributed by atoms with E-state index in [-0.39, 0.29) is 11.4 Å². The molecule has 7 heteroatoms. The van der Waals surface area contributed by atoms with Crippen molar-refractivity contribution in [3.8, 4) is 0 Å². The predicted octanol–water partition coefficient (Wildman–Crippen LogP) is 0.500. The average molecular weight is 258 g/mol. The van der Waals surface area contributed by atoms with Crippen LogP contribution >= 0.6 is 0 Å². The molecule has 2 heterocycles. The van der Waals surface area contributed by atoms with Gasteiger partial charge in [0, 0.05) is 25.5 Å². The largest absolute Gasteiger partial charge is 0.481 e. The van der Waals surface area contributed by atoms with E-state index in [0.29, 0.717) is 19.4 Å². The summed E-state index contributed by atoms with van der Waals surface area (Å²) in [7, 11) is -3.55. The Hall–Kier alpha value is -1.34. The van der Waals surface area contributed by atoms with E-state index in [9.17, 15) is 13.2 Å². The van der Waals surface area contributed by atoms with E-state index in [4.69, 9.17) is 5.11 Å². The van der Waals surface area contributed by atoms with Crippen molar-refractivity contribution in [1.29, 1.82) is 0 Å². The van der Waals surface area contributed by atoms with E-state index in [2.05, 4.69) is 4.98 Å². The molecule has 0 saturated carbocycles. The van der Waals surface area contributed by atoms with E-state index in [1.807, 2.05) is 0 Å². The molecule has 2 rings (SSSR count). The molecule has 0 aromatic carbocycles. The van der Waals surface area contributed by atoms with Crippen LogP contribution in [0.3, 0.4) is 0 Å². The van der Waals surface area contributed by atoms with Gasteiger partial charge in [-0.05, 0) is 18.9 Å². The zero-order valence-corrected chi connectivity index (χ0v) is 9.98. The van der Waals surface area contributed by atoms with Crippen LogP contribution < -0.4 is 0 Å². The molecule has 1 fully saturated rings. The van der Waals surface area contributed by atoms with E-state index < -0.39 is 21.9 Å². The van der Waals surface area contributed by atoms with Crippen LogP contribution in [-0.2, 0) is 14.8 Å². The number of hydrogen-bond acceptors (Lipinski definition) is 3. The van der Waals surface area contributed by atoms with Gasteiger partial charge in [0.2, 0.25) is 10.0 Å². The minimum absolute atomic E-state index is 0.0584. The molecular formula is C10H14N2O4S. The second kappa shape index (κ2) is 4.50. The molecule has 0 bridgehead atoms. The Labute approximate surface area is 99.3 Å². The first-order chi connectivity index (χ1) is 8.01. The molecule has 1 saturated heterocycles. The molecule has 17 heavy (non-hydrogen) atoms. The van der Waals surface area contributed by atoms with Gasteiger partial charge < -0.3 is 10.1 Å². The van der Waals surface area contributed by atoms with Crippen molar-refractivity contribution in [3.05, 3.63) is 18.5 Å². The molecule has 94 valence electrons. The molecular weight excluding hydrogens is 244 g/mol. The number of nitrogens with zero attached hydrogens (tertiary/aromatic N) is 1. The Kier molecular flexibility index (Phi) is 3.21. The van der Waals surface area contributed by atoms with E-state index in [1.54, 1.807) is 0 Å². The fraction of sp³-hybridized carbons (Fsp3) is 0.500. The topological polar surface area (TPSA) is 90.5 Å². The van der Waals surface area contributed by atoms with Crippen molar-refractivity contribution in [2.75, 3.05) is 13.1 Å². The number of H-pyrrole nitrogens is 1. The van der Waals surface area contributed by atoms with E-state index in [0.717, 1.165) is 0 Å².